The number of carbonyl (C=O) groups is 1. The van der Waals surface area contributed by atoms with E-state index in [1.807, 2.05) is 0 Å². The highest BCUT2D eigenvalue weighted by Gasteiger charge is 2.15. The second-order valence-electron chi connectivity index (χ2n) is 3.78. The standard InChI is InChI=1S/C12H10FN3OS2/c1-6-10(19-5-15-6)12(17)16-9-3-2-7(13)4-8(9)11(14)18/h2-5H,1H3,(H2,14,18)(H,16,17). The molecular weight excluding hydrogens is 285 g/mol. The Morgan fingerprint density at radius 2 is 2.26 bits per heavy atom. The molecule has 0 aliphatic heterocycles. The normalized spacial score (nSPS) is 10.2. The molecule has 0 aliphatic rings. The number of benzene rings is 1. The minimum Gasteiger partial charge on any atom is -0.389 e. The fourth-order valence-corrected chi connectivity index (χ4v) is 2.39. The van der Waals surface area contributed by atoms with Crippen LogP contribution >= 0.6 is 23.6 Å². The summed E-state index contributed by atoms with van der Waals surface area (Å²) >= 11 is 6.07. The number of halogens is 1. The third kappa shape index (κ3) is 2.94. The van der Waals surface area contributed by atoms with Crippen molar-refractivity contribution in [3.63, 3.8) is 0 Å². The molecule has 2 rings (SSSR count). The van der Waals surface area contributed by atoms with Crippen molar-refractivity contribution in [1.82, 2.24) is 4.98 Å². The molecule has 0 fully saturated rings. The molecule has 2 aromatic rings. The number of nitrogens with two attached hydrogens (primary N) is 1. The third-order valence-electron chi connectivity index (χ3n) is 2.45. The number of thiazole rings is 1. The van der Waals surface area contributed by atoms with Crippen LogP contribution in [-0.4, -0.2) is 15.9 Å². The summed E-state index contributed by atoms with van der Waals surface area (Å²) in [6, 6.07) is 3.85. The summed E-state index contributed by atoms with van der Waals surface area (Å²) in [4.78, 5) is 16.6. The van der Waals surface area contributed by atoms with Crippen LogP contribution in [0, 0.1) is 12.7 Å². The summed E-state index contributed by atoms with van der Waals surface area (Å²) in [5, 5.41) is 2.66. The van der Waals surface area contributed by atoms with Crippen LogP contribution in [0.15, 0.2) is 23.7 Å². The van der Waals surface area contributed by atoms with E-state index in [1.165, 1.54) is 29.5 Å². The van der Waals surface area contributed by atoms with E-state index in [0.29, 0.717) is 21.8 Å². The van der Waals surface area contributed by atoms with Crippen LogP contribution in [0.1, 0.15) is 20.9 Å². The van der Waals surface area contributed by atoms with Gasteiger partial charge in [-0.15, -0.1) is 11.3 Å². The average Bonchev–Trinajstić information content (AvgIpc) is 2.77. The maximum atomic E-state index is 13.1. The molecule has 0 spiro atoms. The first-order valence-electron chi connectivity index (χ1n) is 5.30. The SMILES string of the molecule is Cc1ncsc1C(=O)Nc1ccc(F)cc1C(N)=S. The average molecular weight is 295 g/mol. The van der Waals surface area contributed by atoms with Crippen molar-refractivity contribution in [1.29, 1.82) is 0 Å². The number of aromatic nitrogens is 1. The first kappa shape index (κ1) is 13.6. The van der Waals surface area contributed by atoms with Crippen molar-refractivity contribution >= 4 is 40.1 Å². The van der Waals surface area contributed by atoms with E-state index in [4.69, 9.17) is 18.0 Å². The number of hydrogen-bond donors (Lipinski definition) is 2. The Labute approximate surface area is 118 Å². The minimum atomic E-state index is -0.463. The highest BCUT2D eigenvalue weighted by atomic mass is 32.1. The Morgan fingerprint density at radius 1 is 1.53 bits per heavy atom. The number of rotatable bonds is 3. The van der Waals surface area contributed by atoms with Gasteiger partial charge in [0.15, 0.2) is 0 Å². The molecule has 0 aliphatic carbocycles. The van der Waals surface area contributed by atoms with E-state index < -0.39 is 5.82 Å². The molecule has 0 bridgehead atoms. The van der Waals surface area contributed by atoms with E-state index in [2.05, 4.69) is 10.3 Å². The van der Waals surface area contributed by atoms with Gasteiger partial charge in [0.2, 0.25) is 0 Å². The highest BCUT2D eigenvalue weighted by Crippen LogP contribution is 2.20. The molecule has 4 nitrogen and oxygen atoms in total. The first-order valence-corrected chi connectivity index (χ1v) is 6.58. The lowest BCUT2D eigenvalue weighted by Crippen LogP contribution is -2.17. The van der Waals surface area contributed by atoms with Crippen molar-refractivity contribution in [2.75, 3.05) is 5.32 Å². The monoisotopic (exact) mass is 295 g/mol. The Morgan fingerprint density at radius 3 is 2.84 bits per heavy atom. The molecule has 19 heavy (non-hydrogen) atoms. The van der Waals surface area contributed by atoms with Crippen LogP contribution in [0.3, 0.4) is 0 Å². The zero-order chi connectivity index (χ0) is 14.0. The Balaban J connectivity index is 2.32. The molecule has 3 N–H and O–H groups in total. The first-order chi connectivity index (χ1) is 8.99. The summed E-state index contributed by atoms with van der Waals surface area (Å²) in [6.45, 7) is 1.74. The van der Waals surface area contributed by atoms with Gasteiger partial charge < -0.3 is 11.1 Å². The molecule has 98 valence electrons. The van der Waals surface area contributed by atoms with Gasteiger partial charge in [-0.1, -0.05) is 12.2 Å². The lowest BCUT2D eigenvalue weighted by atomic mass is 10.1. The molecule has 1 amide bonds. The highest BCUT2D eigenvalue weighted by molar-refractivity contribution is 7.80. The lowest BCUT2D eigenvalue weighted by Gasteiger charge is -2.09. The summed E-state index contributed by atoms with van der Waals surface area (Å²) in [7, 11) is 0. The summed E-state index contributed by atoms with van der Waals surface area (Å²) in [5.74, 6) is -0.779. The van der Waals surface area contributed by atoms with Gasteiger partial charge in [0.1, 0.15) is 15.7 Å². The maximum Gasteiger partial charge on any atom is 0.267 e. The van der Waals surface area contributed by atoms with E-state index in [9.17, 15) is 9.18 Å². The number of hydrogen-bond acceptors (Lipinski definition) is 4. The van der Waals surface area contributed by atoms with Gasteiger partial charge in [-0.2, -0.15) is 0 Å². The number of carbonyl (C=O) groups excluding carboxylic acids is 1. The van der Waals surface area contributed by atoms with Crippen molar-refractivity contribution in [3.05, 3.63) is 45.7 Å². The topological polar surface area (TPSA) is 68.0 Å². The van der Waals surface area contributed by atoms with Gasteiger partial charge in [-0.3, -0.25) is 4.79 Å². The number of thiocarbonyl (C=S) groups is 1. The zero-order valence-electron chi connectivity index (χ0n) is 9.94. The maximum absolute atomic E-state index is 13.1. The van der Waals surface area contributed by atoms with Gasteiger partial charge in [-0.05, 0) is 25.1 Å². The molecule has 0 unspecified atom stereocenters. The minimum absolute atomic E-state index is 0.0239. The fraction of sp³-hybridized carbons (Fsp3) is 0.0833. The Kier molecular flexibility index (Phi) is 3.87. The van der Waals surface area contributed by atoms with Crippen molar-refractivity contribution in [3.8, 4) is 0 Å². The second-order valence-corrected chi connectivity index (χ2v) is 5.07. The van der Waals surface area contributed by atoms with Gasteiger partial charge >= 0.3 is 0 Å². The Hall–Kier alpha value is -1.86. The van der Waals surface area contributed by atoms with E-state index >= 15 is 0 Å². The van der Waals surface area contributed by atoms with Gasteiger partial charge in [0, 0.05) is 5.56 Å². The number of anilines is 1. The molecule has 7 heteroatoms. The molecule has 0 saturated carbocycles. The summed E-state index contributed by atoms with van der Waals surface area (Å²) < 4.78 is 13.1. The van der Waals surface area contributed by atoms with Gasteiger partial charge in [-0.25, -0.2) is 9.37 Å². The fourth-order valence-electron chi connectivity index (χ4n) is 1.53. The van der Waals surface area contributed by atoms with Crippen LogP contribution < -0.4 is 11.1 Å². The lowest BCUT2D eigenvalue weighted by molar-refractivity contribution is 0.103. The predicted octanol–water partition coefficient (Wildman–Crippen LogP) is 2.48. The van der Waals surface area contributed by atoms with Crippen LogP contribution in [-0.2, 0) is 0 Å². The molecule has 0 atom stereocenters. The van der Waals surface area contributed by atoms with Crippen LogP contribution in [0.5, 0.6) is 0 Å². The number of nitrogens with zero attached hydrogens (tertiary/aromatic N) is 1. The third-order valence-corrected chi connectivity index (χ3v) is 3.59. The quantitative estimate of drug-likeness (QED) is 0.854. The molecule has 0 saturated heterocycles. The number of aryl methyl sites for hydroxylation is 1. The second kappa shape index (κ2) is 5.41. The van der Waals surface area contributed by atoms with E-state index in [-0.39, 0.29) is 10.9 Å². The Bertz CT molecular complexity index is 654. The zero-order valence-corrected chi connectivity index (χ0v) is 11.6. The molecule has 1 aromatic heterocycles. The van der Waals surface area contributed by atoms with Crippen LogP contribution in [0.2, 0.25) is 0 Å². The van der Waals surface area contributed by atoms with Crippen LogP contribution in [0.4, 0.5) is 10.1 Å². The van der Waals surface area contributed by atoms with E-state index in [1.54, 1.807) is 12.4 Å². The van der Waals surface area contributed by atoms with Gasteiger partial charge in [0.25, 0.3) is 5.91 Å². The smallest absolute Gasteiger partial charge is 0.267 e. The molecule has 1 heterocycles. The van der Waals surface area contributed by atoms with Crippen LogP contribution in [0.25, 0.3) is 0 Å². The summed E-state index contributed by atoms with van der Waals surface area (Å²) in [5.41, 5.74) is 8.42. The van der Waals surface area contributed by atoms with Gasteiger partial charge in [0.05, 0.1) is 16.9 Å². The molecule has 1 aromatic carbocycles. The number of amides is 1. The van der Waals surface area contributed by atoms with Crippen molar-refractivity contribution in [2.45, 2.75) is 6.92 Å². The summed E-state index contributed by atoms with van der Waals surface area (Å²) in [6.07, 6.45) is 0. The predicted molar refractivity (Wildman–Crippen MR) is 77.1 cm³/mol. The number of nitrogens with one attached hydrogen (secondary N) is 1. The van der Waals surface area contributed by atoms with Crippen molar-refractivity contribution < 1.29 is 9.18 Å². The molecule has 0 radical (unpaired) electrons. The molecular formula is C12H10FN3OS2. The van der Waals surface area contributed by atoms with Crippen molar-refractivity contribution in [2.24, 2.45) is 5.73 Å². The van der Waals surface area contributed by atoms with E-state index in [0.717, 1.165) is 0 Å². The largest absolute Gasteiger partial charge is 0.389 e.